The number of benzene rings is 1. The number of halogens is 3. The second kappa shape index (κ2) is 6.17. The zero-order valence-electron chi connectivity index (χ0n) is 10.6. The summed E-state index contributed by atoms with van der Waals surface area (Å²) >= 11 is 1.30. The zero-order valence-corrected chi connectivity index (χ0v) is 11.5. The molecule has 2 rings (SSSR count). The molecular formula is C14H12F3NOS. The summed E-state index contributed by atoms with van der Waals surface area (Å²) in [6, 6.07) is 7.69. The lowest BCUT2D eigenvalue weighted by Gasteiger charge is -2.15. The maximum absolute atomic E-state index is 12.9. The molecule has 0 fully saturated rings. The molecular weight excluding hydrogens is 287 g/mol. The molecule has 106 valence electrons. The molecule has 0 aliphatic heterocycles. The van der Waals surface area contributed by atoms with Gasteiger partial charge in [-0.15, -0.1) is 11.8 Å². The van der Waals surface area contributed by atoms with Gasteiger partial charge < -0.3 is 4.74 Å². The fourth-order valence-electron chi connectivity index (χ4n) is 1.70. The molecule has 2 nitrogen and oxygen atoms in total. The molecule has 0 amide bonds. The van der Waals surface area contributed by atoms with E-state index in [0.717, 1.165) is 11.6 Å². The Balaban J connectivity index is 2.24. The van der Waals surface area contributed by atoms with Crippen molar-refractivity contribution in [2.75, 3.05) is 7.11 Å². The predicted molar refractivity (Wildman–Crippen MR) is 71.8 cm³/mol. The molecule has 0 unspecified atom stereocenters. The molecule has 6 heteroatoms. The average molecular weight is 299 g/mol. The highest BCUT2D eigenvalue weighted by atomic mass is 32.2. The summed E-state index contributed by atoms with van der Waals surface area (Å²) in [6.07, 6.45) is -1.11. The van der Waals surface area contributed by atoms with Gasteiger partial charge in [-0.05, 0) is 29.8 Å². The number of aromatic nitrogens is 1. The van der Waals surface area contributed by atoms with Crippen molar-refractivity contribution >= 4 is 11.8 Å². The van der Waals surface area contributed by atoms with E-state index in [-0.39, 0.29) is 5.75 Å². The number of hydrogen-bond acceptors (Lipinski definition) is 3. The molecule has 0 aliphatic carbocycles. The van der Waals surface area contributed by atoms with Crippen LogP contribution in [0.2, 0.25) is 0 Å². The van der Waals surface area contributed by atoms with Crippen molar-refractivity contribution in [3.63, 3.8) is 0 Å². The summed E-state index contributed by atoms with van der Waals surface area (Å²) in [5, 5.41) is 0. The third kappa shape index (κ3) is 3.45. The van der Waals surface area contributed by atoms with E-state index in [0.29, 0.717) is 10.6 Å². The van der Waals surface area contributed by atoms with Crippen molar-refractivity contribution < 1.29 is 17.9 Å². The number of pyridine rings is 1. The maximum Gasteiger partial charge on any atom is 0.420 e. The van der Waals surface area contributed by atoms with Crippen molar-refractivity contribution in [1.82, 2.24) is 4.98 Å². The summed E-state index contributed by atoms with van der Waals surface area (Å²) < 4.78 is 43.6. The Hall–Kier alpha value is -1.69. The average Bonchev–Trinajstić information content (AvgIpc) is 2.44. The van der Waals surface area contributed by atoms with Gasteiger partial charge in [0.05, 0.1) is 17.6 Å². The molecule has 0 saturated carbocycles. The smallest absolute Gasteiger partial charge is 0.420 e. The van der Waals surface area contributed by atoms with E-state index < -0.39 is 11.7 Å². The topological polar surface area (TPSA) is 22.1 Å². The van der Waals surface area contributed by atoms with E-state index in [4.69, 9.17) is 4.74 Å². The first-order valence-corrected chi connectivity index (χ1v) is 6.77. The van der Waals surface area contributed by atoms with E-state index in [1.54, 1.807) is 18.5 Å². The van der Waals surface area contributed by atoms with Crippen molar-refractivity contribution in [2.45, 2.75) is 16.8 Å². The van der Waals surface area contributed by atoms with E-state index in [1.807, 2.05) is 12.1 Å². The van der Waals surface area contributed by atoms with Gasteiger partial charge in [0.25, 0.3) is 0 Å². The molecule has 0 atom stereocenters. The van der Waals surface area contributed by atoms with Gasteiger partial charge in [0.15, 0.2) is 0 Å². The van der Waals surface area contributed by atoms with Crippen molar-refractivity contribution in [3.8, 4) is 5.75 Å². The van der Waals surface area contributed by atoms with Crippen molar-refractivity contribution in [3.05, 3.63) is 53.9 Å². The molecule has 0 radical (unpaired) electrons. The van der Waals surface area contributed by atoms with Crippen LogP contribution >= 0.6 is 11.8 Å². The van der Waals surface area contributed by atoms with Crippen LogP contribution in [0, 0.1) is 0 Å². The van der Waals surface area contributed by atoms with Gasteiger partial charge in [-0.1, -0.05) is 6.07 Å². The fourth-order valence-corrected chi connectivity index (χ4v) is 2.72. The molecule has 0 N–H and O–H groups in total. The minimum atomic E-state index is -4.42. The molecule has 0 aliphatic rings. The third-order valence-electron chi connectivity index (χ3n) is 2.63. The molecule has 1 aromatic heterocycles. The zero-order chi connectivity index (χ0) is 14.6. The second-order valence-corrected chi connectivity index (χ2v) is 5.00. The summed E-state index contributed by atoms with van der Waals surface area (Å²) in [4.78, 5) is 4.37. The van der Waals surface area contributed by atoms with Crippen LogP contribution in [-0.4, -0.2) is 12.1 Å². The number of methoxy groups -OCH3 is 1. The Labute approximate surface area is 119 Å². The van der Waals surface area contributed by atoms with Crippen LogP contribution in [0.25, 0.3) is 0 Å². The van der Waals surface area contributed by atoms with Gasteiger partial charge >= 0.3 is 6.18 Å². The fraction of sp³-hybridized carbons (Fsp3) is 0.214. The Bertz CT molecular complexity index is 572. The lowest BCUT2D eigenvalue weighted by atomic mass is 10.2. The van der Waals surface area contributed by atoms with Gasteiger partial charge in [-0.25, -0.2) is 0 Å². The SMILES string of the molecule is COc1c(SCc2ccncc2)cccc1C(F)(F)F. The normalized spacial score (nSPS) is 11.4. The van der Waals surface area contributed by atoms with Crippen LogP contribution in [-0.2, 0) is 11.9 Å². The van der Waals surface area contributed by atoms with E-state index >= 15 is 0 Å². The van der Waals surface area contributed by atoms with E-state index in [2.05, 4.69) is 4.98 Å². The number of thioether (sulfide) groups is 1. The van der Waals surface area contributed by atoms with Crippen LogP contribution in [0.4, 0.5) is 13.2 Å². The molecule has 1 heterocycles. The van der Waals surface area contributed by atoms with E-state index in [9.17, 15) is 13.2 Å². The Morgan fingerprint density at radius 3 is 2.45 bits per heavy atom. The number of nitrogens with zero attached hydrogens (tertiary/aromatic N) is 1. The highest BCUT2D eigenvalue weighted by Crippen LogP contribution is 2.42. The van der Waals surface area contributed by atoms with Gasteiger partial charge in [0, 0.05) is 18.1 Å². The summed E-state index contributed by atoms with van der Waals surface area (Å²) in [7, 11) is 1.25. The quantitative estimate of drug-likeness (QED) is 0.781. The van der Waals surface area contributed by atoms with Gasteiger partial charge in [0.2, 0.25) is 0 Å². The number of ether oxygens (including phenoxy) is 1. The predicted octanol–water partition coefficient (Wildman–Crippen LogP) is 4.40. The Morgan fingerprint density at radius 2 is 1.85 bits per heavy atom. The third-order valence-corrected chi connectivity index (χ3v) is 3.74. The summed E-state index contributed by atoms with van der Waals surface area (Å²) in [6.45, 7) is 0. The maximum atomic E-state index is 12.9. The van der Waals surface area contributed by atoms with Crippen molar-refractivity contribution in [2.24, 2.45) is 0 Å². The highest BCUT2D eigenvalue weighted by molar-refractivity contribution is 7.98. The highest BCUT2D eigenvalue weighted by Gasteiger charge is 2.35. The first-order valence-electron chi connectivity index (χ1n) is 5.78. The van der Waals surface area contributed by atoms with Gasteiger partial charge in [-0.3, -0.25) is 4.98 Å². The van der Waals surface area contributed by atoms with E-state index in [1.165, 1.54) is 24.9 Å². The first kappa shape index (κ1) is 14.7. The number of alkyl halides is 3. The van der Waals surface area contributed by atoms with Crippen LogP contribution in [0.3, 0.4) is 0 Å². The minimum Gasteiger partial charge on any atom is -0.495 e. The molecule has 0 bridgehead atoms. The molecule has 1 aromatic carbocycles. The Morgan fingerprint density at radius 1 is 1.15 bits per heavy atom. The number of rotatable bonds is 4. The van der Waals surface area contributed by atoms with Crippen LogP contribution < -0.4 is 4.74 Å². The molecule has 2 aromatic rings. The second-order valence-electron chi connectivity index (χ2n) is 3.98. The lowest BCUT2D eigenvalue weighted by molar-refractivity contribution is -0.139. The Kier molecular flexibility index (Phi) is 4.54. The summed E-state index contributed by atoms with van der Waals surface area (Å²) in [5.74, 6) is 0.430. The first-order chi connectivity index (χ1) is 9.52. The largest absolute Gasteiger partial charge is 0.495 e. The minimum absolute atomic E-state index is 0.126. The van der Waals surface area contributed by atoms with Crippen LogP contribution in [0.1, 0.15) is 11.1 Å². The molecule has 0 spiro atoms. The van der Waals surface area contributed by atoms with Crippen LogP contribution in [0.5, 0.6) is 5.75 Å². The van der Waals surface area contributed by atoms with Crippen LogP contribution in [0.15, 0.2) is 47.6 Å². The van der Waals surface area contributed by atoms with Gasteiger partial charge in [0.1, 0.15) is 5.75 Å². The number of hydrogen-bond donors (Lipinski definition) is 0. The van der Waals surface area contributed by atoms with Gasteiger partial charge in [-0.2, -0.15) is 13.2 Å². The monoisotopic (exact) mass is 299 g/mol. The van der Waals surface area contributed by atoms with Crippen molar-refractivity contribution in [1.29, 1.82) is 0 Å². The number of para-hydroxylation sites is 1. The molecule has 20 heavy (non-hydrogen) atoms. The summed E-state index contributed by atoms with van der Waals surface area (Å²) in [5.41, 5.74) is 0.240. The molecule has 0 saturated heterocycles. The lowest BCUT2D eigenvalue weighted by Crippen LogP contribution is -2.08. The standard InChI is InChI=1S/C14H12F3NOS/c1-19-13-11(14(15,16)17)3-2-4-12(13)20-9-10-5-7-18-8-6-10/h2-8H,9H2,1H3.